The number of furan rings is 1. The molecule has 0 aliphatic carbocycles. The number of nitrogens with zero attached hydrogens (tertiary/aromatic N) is 4. The lowest BCUT2D eigenvalue weighted by atomic mass is 9.92. The lowest BCUT2D eigenvalue weighted by Gasteiger charge is -2.14. The van der Waals surface area contributed by atoms with Crippen molar-refractivity contribution in [1.82, 2.24) is 19.1 Å². The average Bonchev–Trinajstić information content (AvgIpc) is 3.98. The highest BCUT2D eigenvalue weighted by atomic mass is 16.3. The van der Waals surface area contributed by atoms with Crippen molar-refractivity contribution >= 4 is 76.5 Å². The smallest absolute Gasteiger partial charge is 0.238 e. The Morgan fingerprint density at radius 1 is 0.361 bits per heavy atom. The van der Waals surface area contributed by atoms with Gasteiger partial charge in [-0.3, -0.25) is 4.57 Å². The predicted molar refractivity (Wildman–Crippen MR) is 252 cm³/mol. The maximum Gasteiger partial charge on any atom is 0.238 e. The van der Waals surface area contributed by atoms with Crippen LogP contribution in [0.1, 0.15) is 0 Å². The number of fused-ring (bicyclic) bond motifs is 10. The monoisotopic (exact) mass is 778 g/mol. The van der Waals surface area contributed by atoms with E-state index in [1.54, 1.807) is 0 Å². The van der Waals surface area contributed by atoms with E-state index in [0.717, 1.165) is 88.1 Å². The molecule has 0 saturated heterocycles. The van der Waals surface area contributed by atoms with Crippen LogP contribution in [0.4, 0.5) is 0 Å². The van der Waals surface area contributed by atoms with Crippen molar-refractivity contribution in [3.8, 4) is 45.1 Å². The van der Waals surface area contributed by atoms with Crippen LogP contribution < -0.4 is 0 Å². The first-order valence-corrected chi connectivity index (χ1v) is 20.7. The third kappa shape index (κ3) is 5.08. The molecular formula is C56H34N4O. The van der Waals surface area contributed by atoms with Crippen molar-refractivity contribution in [1.29, 1.82) is 0 Å². The second-order valence-electron chi connectivity index (χ2n) is 15.7. The molecule has 0 unspecified atom stereocenters. The van der Waals surface area contributed by atoms with Gasteiger partial charge < -0.3 is 8.98 Å². The third-order valence-electron chi connectivity index (χ3n) is 12.4. The van der Waals surface area contributed by atoms with Gasteiger partial charge in [-0.1, -0.05) is 152 Å². The molecule has 0 aliphatic heterocycles. The van der Waals surface area contributed by atoms with E-state index in [-0.39, 0.29) is 0 Å². The molecule has 284 valence electrons. The highest BCUT2D eigenvalue weighted by molar-refractivity contribution is 6.17. The Hall–Kier alpha value is -8.28. The zero-order valence-corrected chi connectivity index (χ0v) is 32.8. The van der Waals surface area contributed by atoms with E-state index in [4.69, 9.17) is 14.4 Å². The Morgan fingerprint density at radius 2 is 0.918 bits per heavy atom. The lowest BCUT2D eigenvalue weighted by Crippen LogP contribution is -2.03. The van der Waals surface area contributed by atoms with E-state index in [2.05, 4.69) is 203 Å². The molecule has 0 N–H and O–H groups in total. The summed E-state index contributed by atoms with van der Waals surface area (Å²) in [6.07, 6.45) is 0. The zero-order valence-electron chi connectivity index (χ0n) is 32.8. The Kier molecular flexibility index (Phi) is 7.24. The standard InChI is InChI=1S/C56H34N4O/c1-3-15-35(16-4-1)40-24-13-17-36-18-14-25-44(52(36)40)54-53-43-23-9-12-28-51(43)61-55(53)58-56(57-54)60-48-27-11-8-22-42(48)46-34-38(30-32-50(46)60)37-29-31-49-45(33-37)41-21-7-10-26-47(41)59(49)39-19-5-2-6-20-39/h1-34H. The molecule has 0 spiro atoms. The summed E-state index contributed by atoms with van der Waals surface area (Å²) in [5.41, 5.74) is 13.4. The average molecular weight is 779 g/mol. The van der Waals surface area contributed by atoms with E-state index >= 15 is 0 Å². The Bertz CT molecular complexity index is 3870. The van der Waals surface area contributed by atoms with Crippen molar-refractivity contribution in [2.45, 2.75) is 0 Å². The van der Waals surface area contributed by atoms with E-state index in [1.807, 2.05) is 12.1 Å². The van der Waals surface area contributed by atoms with Crippen LogP contribution in [-0.4, -0.2) is 19.1 Å². The quantitative estimate of drug-likeness (QED) is 0.175. The number of rotatable bonds is 5. The van der Waals surface area contributed by atoms with Crippen LogP contribution in [0.2, 0.25) is 0 Å². The molecule has 0 saturated carbocycles. The lowest BCUT2D eigenvalue weighted by molar-refractivity contribution is 0.651. The van der Waals surface area contributed by atoms with Crippen LogP contribution in [0.25, 0.3) is 122 Å². The first kappa shape index (κ1) is 33.7. The topological polar surface area (TPSA) is 48.8 Å². The summed E-state index contributed by atoms with van der Waals surface area (Å²) in [4.78, 5) is 10.8. The van der Waals surface area contributed by atoms with E-state index in [0.29, 0.717) is 11.7 Å². The summed E-state index contributed by atoms with van der Waals surface area (Å²) in [5.74, 6) is 0.560. The second-order valence-corrected chi connectivity index (χ2v) is 15.7. The molecule has 13 rings (SSSR count). The molecule has 13 aromatic rings. The maximum atomic E-state index is 6.61. The first-order valence-electron chi connectivity index (χ1n) is 20.7. The van der Waals surface area contributed by atoms with Gasteiger partial charge in [0.05, 0.1) is 33.1 Å². The van der Waals surface area contributed by atoms with Gasteiger partial charge in [-0.25, -0.2) is 4.98 Å². The Labute approximate surface area is 350 Å². The fraction of sp³-hybridized carbons (Fsp3) is 0. The molecule has 0 bridgehead atoms. The SMILES string of the molecule is c1ccc(-c2cccc3cccc(-c4nc(-n5c6ccccc6c6cc(-c7ccc8c(c7)c7ccccc7n8-c7ccccc7)ccc65)nc5oc6ccccc6c45)c23)cc1. The highest BCUT2D eigenvalue weighted by Gasteiger charge is 2.23. The van der Waals surface area contributed by atoms with Gasteiger partial charge in [0, 0.05) is 38.2 Å². The van der Waals surface area contributed by atoms with Gasteiger partial charge in [0.1, 0.15) is 5.58 Å². The molecule has 0 aliphatic rings. The summed E-state index contributed by atoms with van der Waals surface area (Å²) in [6, 6.07) is 73.3. The molecule has 0 amide bonds. The van der Waals surface area contributed by atoms with Gasteiger partial charge in [-0.2, -0.15) is 4.98 Å². The largest absolute Gasteiger partial charge is 0.437 e. The number of aromatic nitrogens is 4. The van der Waals surface area contributed by atoms with Gasteiger partial charge in [0.2, 0.25) is 11.7 Å². The molecular weight excluding hydrogens is 745 g/mol. The number of para-hydroxylation sites is 4. The molecule has 4 aromatic heterocycles. The maximum absolute atomic E-state index is 6.61. The Morgan fingerprint density at radius 3 is 1.62 bits per heavy atom. The zero-order chi connectivity index (χ0) is 40.0. The van der Waals surface area contributed by atoms with Crippen molar-refractivity contribution in [3.63, 3.8) is 0 Å². The summed E-state index contributed by atoms with van der Waals surface area (Å²) in [5, 5.41) is 8.90. The van der Waals surface area contributed by atoms with Crippen molar-refractivity contribution in [2.75, 3.05) is 0 Å². The van der Waals surface area contributed by atoms with Crippen LogP contribution in [0, 0.1) is 0 Å². The molecule has 5 nitrogen and oxygen atoms in total. The van der Waals surface area contributed by atoms with E-state index in [1.165, 1.54) is 21.8 Å². The third-order valence-corrected chi connectivity index (χ3v) is 12.4. The molecule has 5 heteroatoms. The van der Waals surface area contributed by atoms with E-state index < -0.39 is 0 Å². The summed E-state index contributed by atoms with van der Waals surface area (Å²) < 4.78 is 11.2. The minimum Gasteiger partial charge on any atom is -0.437 e. The fourth-order valence-corrected chi connectivity index (χ4v) is 9.68. The van der Waals surface area contributed by atoms with Gasteiger partial charge in [-0.05, 0) is 87.6 Å². The van der Waals surface area contributed by atoms with Crippen LogP contribution in [-0.2, 0) is 0 Å². The first-order chi connectivity index (χ1) is 30.3. The summed E-state index contributed by atoms with van der Waals surface area (Å²) in [6.45, 7) is 0. The Balaban J connectivity index is 1.04. The van der Waals surface area contributed by atoms with Crippen LogP contribution in [0.15, 0.2) is 211 Å². The number of benzene rings is 9. The fourth-order valence-electron chi connectivity index (χ4n) is 9.68. The number of hydrogen-bond donors (Lipinski definition) is 0. The van der Waals surface area contributed by atoms with Crippen molar-refractivity contribution in [2.24, 2.45) is 0 Å². The van der Waals surface area contributed by atoms with Gasteiger partial charge in [0.25, 0.3) is 0 Å². The summed E-state index contributed by atoms with van der Waals surface area (Å²) >= 11 is 0. The van der Waals surface area contributed by atoms with Crippen LogP contribution in [0.5, 0.6) is 0 Å². The minimum atomic E-state index is 0.556. The van der Waals surface area contributed by atoms with Crippen LogP contribution >= 0.6 is 0 Å². The molecule has 61 heavy (non-hydrogen) atoms. The van der Waals surface area contributed by atoms with Crippen molar-refractivity contribution in [3.05, 3.63) is 206 Å². The molecule has 9 aromatic carbocycles. The van der Waals surface area contributed by atoms with Gasteiger partial charge in [0.15, 0.2) is 0 Å². The highest BCUT2D eigenvalue weighted by Crippen LogP contribution is 2.43. The number of hydrogen-bond acceptors (Lipinski definition) is 3. The molecule has 0 fully saturated rings. The van der Waals surface area contributed by atoms with Gasteiger partial charge in [-0.15, -0.1) is 0 Å². The van der Waals surface area contributed by atoms with E-state index in [9.17, 15) is 0 Å². The molecule has 0 radical (unpaired) electrons. The molecule has 0 atom stereocenters. The van der Waals surface area contributed by atoms with Crippen molar-refractivity contribution < 1.29 is 4.42 Å². The molecule has 4 heterocycles. The predicted octanol–water partition coefficient (Wildman–Crippen LogP) is 14.7. The van der Waals surface area contributed by atoms with Crippen LogP contribution in [0.3, 0.4) is 0 Å². The summed E-state index contributed by atoms with van der Waals surface area (Å²) in [7, 11) is 0. The minimum absolute atomic E-state index is 0.556. The van der Waals surface area contributed by atoms with Gasteiger partial charge >= 0.3 is 0 Å². The second kappa shape index (κ2) is 13.1. The normalized spacial score (nSPS) is 11.9.